The second kappa shape index (κ2) is 5.59. The van der Waals surface area contributed by atoms with E-state index in [0.29, 0.717) is 5.56 Å². The minimum Gasteiger partial charge on any atom is -0.465 e. The molecular formula is C14H18BrFO3. The summed E-state index contributed by atoms with van der Waals surface area (Å²) in [5.74, 6) is -0.922. The van der Waals surface area contributed by atoms with Gasteiger partial charge >= 0.3 is 5.97 Å². The van der Waals surface area contributed by atoms with Crippen LogP contribution in [-0.4, -0.2) is 17.7 Å². The lowest BCUT2D eigenvalue weighted by molar-refractivity contribution is -0.170. The van der Waals surface area contributed by atoms with Gasteiger partial charge in [0.1, 0.15) is 11.4 Å². The summed E-state index contributed by atoms with van der Waals surface area (Å²) < 4.78 is 18.5. The zero-order valence-electron chi connectivity index (χ0n) is 11.5. The molecule has 1 N–H and O–H groups in total. The molecule has 3 nitrogen and oxygen atoms in total. The molecule has 0 radical (unpaired) electrons. The molecule has 0 saturated heterocycles. The summed E-state index contributed by atoms with van der Waals surface area (Å²) in [6.07, 6.45) is 0. The molecule has 0 bridgehead atoms. The van der Waals surface area contributed by atoms with Crippen LogP contribution in [0.1, 0.15) is 33.3 Å². The SMILES string of the molecule is CCOC(=O)C(C)(C)C(C)(O)c1ccc(F)c(Br)c1. The van der Waals surface area contributed by atoms with Gasteiger partial charge in [0, 0.05) is 0 Å². The zero-order chi connectivity index (χ0) is 14.8. The number of benzene rings is 1. The summed E-state index contributed by atoms with van der Waals surface area (Å²) in [4.78, 5) is 12.0. The molecule has 1 rings (SSSR count). The number of carbonyl (C=O) groups excluding carboxylic acids is 1. The normalized spacial score (nSPS) is 14.9. The zero-order valence-corrected chi connectivity index (χ0v) is 13.0. The highest BCUT2D eigenvalue weighted by Gasteiger charge is 2.47. The fourth-order valence-corrected chi connectivity index (χ4v) is 2.05. The molecule has 1 unspecified atom stereocenters. The van der Waals surface area contributed by atoms with Crippen LogP contribution in [0, 0.1) is 11.2 Å². The largest absolute Gasteiger partial charge is 0.465 e. The van der Waals surface area contributed by atoms with Crippen molar-refractivity contribution < 1.29 is 19.0 Å². The Kier molecular flexibility index (Phi) is 4.74. The number of carbonyl (C=O) groups is 1. The van der Waals surface area contributed by atoms with Crippen LogP contribution in [0.15, 0.2) is 22.7 Å². The minimum atomic E-state index is -1.48. The van der Waals surface area contributed by atoms with Crippen LogP contribution < -0.4 is 0 Å². The van der Waals surface area contributed by atoms with Crippen molar-refractivity contribution in [3.05, 3.63) is 34.1 Å². The van der Waals surface area contributed by atoms with Crippen molar-refractivity contribution in [1.82, 2.24) is 0 Å². The molecular weight excluding hydrogens is 315 g/mol. The van der Waals surface area contributed by atoms with Crippen molar-refractivity contribution in [2.24, 2.45) is 5.41 Å². The Morgan fingerprint density at radius 2 is 2.00 bits per heavy atom. The van der Waals surface area contributed by atoms with E-state index in [0.717, 1.165) is 0 Å². The molecule has 0 aliphatic carbocycles. The first-order valence-corrected chi connectivity index (χ1v) is 6.79. The van der Waals surface area contributed by atoms with Gasteiger partial charge in [-0.2, -0.15) is 0 Å². The van der Waals surface area contributed by atoms with Gasteiger partial charge in [-0.1, -0.05) is 6.07 Å². The van der Waals surface area contributed by atoms with Crippen molar-refractivity contribution in [3.8, 4) is 0 Å². The first kappa shape index (κ1) is 16.1. The lowest BCUT2D eigenvalue weighted by Crippen LogP contribution is -2.46. The number of rotatable bonds is 4. The molecule has 0 aliphatic heterocycles. The minimum absolute atomic E-state index is 0.241. The van der Waals surface area contributed by atoms with E-state index in [4.69, 9.17) is 4.74 Å². The monoisotopic (exact) mass is 332 g/mol. The van der Waals surface area contributed by atoms with E-state index < -0.39 is 22.8 Å². The average molecular weight is 333 g/mol. The van der Waals surface area contributed by atoms with Crippen LogP contribution in [0.25, 0.3) is 0 Å². The maximum Gasteiger partial charge on any atom is 0.314 e. The summed E-state index contributed by atoms with van der Waals surface area (Å²) in [6, 6.07) is 4.17. The van der Waals surface area contributed by atoms with Gasteiger partial charge in [0.25, 0.3) is 0 Å². The molecule has 0 fully saturated rings. The highest BCUT2D eigenvalue weighted by atomic mass is 79.9. The van der Waals surface area contributed by atoms with Gasteiger partial charge in [-0.25, -0.2) is 4.39 Å². The predicted octanol–water partition coefficient (Wildman–Crippen LogP) is 3.39. The maximum atomic E-state index is 13.2. The topological polar surface area (TPSA) is 46.5 Å². The first-order valence-electron chi connectivity index (χ1n) is 5.99. The number of aliphatic hydroxyl groups is 1. The quantitative estimate of drug-likeness (QED) is 0.859. The second-order valence-electron chi connectivity index (χ2n) is 5.05. The molecule has 0 spiro atoms. The maximum absolute atomic E-state index is 13.2. The Balaban J connectivity index is 3.21. The van der Waals surface area contributed by atoms with E-state index >= 15 is 0 Å². The standard InChI is InChI=1S/C14H18BrFO3/c1-5-19-12(17)13(2,3)14(4,18)9-6-7-11(16)10(15)8-9/h6-8,18H,5H2,1-4H3. The Bertz CT molecular complexity index is 484. The smallest absolute Gasteiger partial charge is 0.314 e. The summed E-state index contributed by atoms with van der Waals surface area (Å²) in [6.45, 7) is 6.66. The number of halogens is 2. The highest BCUT2D eigenvalue weighted by Crippen LogP contribution is 2.41. The lowest BCUT2D eigenvalue weighted by Gasteiger charge is -2.38. The van der Waals surface area contributed by atoms with E-state index in [1.807, 2.05) is 0 Å². The number of ether oxygens (including phenoxy) is 1. The van der Waals surface area contributed by atoms with Gasteiger partial charge in [-0.3, -0.25) is 4.79 Å². The fourth-order valence-electron chi connectivity index (χ4n) is 1.67. The third kappa shape index (κ3) is 2.98. The Morgan fingerprint density at radius 1 is 1.42 bits per heavy atom. The molecule has 0 saturated carbocycles. The van der Waals surface area contributed by atoms with E-state index in [1.165, 1.54) is 25.1 Å². The second-order valence-corrected chi connectivity index (χ2v) is 5.90. The van der Waals surface area contributed by atoms with Crippen molar-refractivity contribution >= 4 is 21.9 Å². The van der Waals surface area contributed by atoms with Crippen molar-refractivity contribution in [3.63, 3.8) is 0 Å². The summed E-state index contributed by atoms with van der Waals surface area (Å²) >= 11 is 3.07. The van der Waals surface area contributed by atoms with E-state index in [-0.39, 0.29) is 11.1 Å². The lowest BCUT2D eigenvalue weighted by atomic mass is 9.72. The number of esters is 1. The van der Waals surface area contributed by atoms with Crippen LogP contribution >= 0.6 is 15.9 Å². The number of hydrogen-bond acceptors (Lipinski definition) is 3. The molecule has 1 atom stereocenters. The molecule has 5 heteroatoms. The molecule has 0 aliphatic rings. The van der Waals surface area contributed by atoms with Gasteiger partial charge in [-0.05, 0) is 61.3 Å². The average Bonchev–Trinajstić information content (AvgIpc) is 2.32. The van der Waals surface area contributed by atoms with Crippen LogP contribution in [0.3, 0.4) is 0 Å². The molecule has 0 amide bonds. The Morgan fingerprint density at radius 3 is 2.47 bits per heavy atom. The Hall–Kier alpha value is -0.940. The van der Waals surface area contributed by atoms with E-state index in [9.17, 15) is 14.3 Å². The van der Waals surface area contributed by atoms with Gasteiger partial charge < -0.3 is 9.84 Å². The molecule has 0 heterocycles. The van der Waals surface area contributed by atoms with Gasteiger partial charge in [0.05, 0.1) is 16.5 Å². The molecule has 19 heavy (non-hydrogen) atoms. The molecule has 1 aromatic carbocycles. The van der Waals surface area contributed by atoms with Crippen molar-refractivity contribution in [2.45, 2.75) is 33.3 Å². The van der Waals surface area contributed by atoms with Crippen LogP contribution in [0.5, 0.6) is 0 Å². The van der Waals surface area contributed by atoms with Gasteiger partial charge in [-0.15, -0.1) is 0 Å². The van der Waals surface area contributed by atoms with Crippen LogP contribution in [0.4, 0.5) is 4.39 Å². The summed E-state index contributed by atoms with van der Waals surface area (Å²) in [5, 5.41) is 10.7. The van der Waals surface area contributed by atoms with Gasteiger partial charge in [0.2, 0.25) is 0 Å². The fraction of sp³-hybridized carbons (Fsp3) is 0.500. The third-order valence-corrected chi connectivity index (χ3v) is 4.09. The highest BCUT2D eigenvalue weighted by molar-refractivity contribution is 9.10. The third-order valence-electron chi connectivity index (χ3n) is 3.48. The van der Waals surface area contributed by atoms with E-state index in [1.54, 1.807) is 20.8 Å². The molecule has 106 valence electrons. The van der Waals surface area contributed by atoms with Gasteiger partial charge in [0.15, 0.2) is 0 Å². The summed E-state index contributed by atoms with van der Waals surface area (Å²) in [7, 11) is 0. The number of hydrogen-bond donors (Lipinski definition) is 1. The first-order chi connectivity index (χ1) is 8.64. The van der Waals surface area contributed by atoms with Crippen LogP contribution in [0.2, 0.25) is 0 Å². The van der Waals surface area contributed by atoms with Crippen molar-refractivity contribution in [2.75, 3.05) is 6.61 Å². The molecule has 1 aromatic rings. The summed E-state index contributed by atoms with van der Waals surface area (Å²) in [5.41, 5.74) is -2.19. The Labute approximate surface area is 120 Å². The molecule has 0 aromatic heterocycles. The van der Waals surface area contributed by atoms with Crippen LogP contribution in [-0.2, 0) is 15.1 Å². The van der Waals surface area contributed by atoms with Crippen molar-refractivity contribution in [1.29, 1.82) is 0 Å². The van der Waals surface area contributed by atoms with E-state index in [2.05, 4.69) is 15.9 Å². The predicted molar refractivity (Wildman–Crippen MR) is 74.1 cm³/mol.